The first kappa shape index (κ1) is 20.2. The van der Waals surface area contributed by atoms with Crippen LogP contribution in [-0.2, 0) is 9.16 Å². The Bertz CT molecular complexity index is 480. The third kappa shape index (κ3) is 6.68. The van der Waals surface area contributed by atoms with Gasteiger partial charge in [0.2, 0.25) is 0 Å². The highest BCUT2D eigenvalue weighted by atomic mass is 28.4. The second-order valence-electron chi connectivity index (χ2n) is 8.42. The summed E-state index contributed by atoms with van der Waals surface area (Å²) in [5, 5.41) is 0. The van der Waals surface area contributed by atoms with E-state index < -0.39 is 13.9 Å². The van der Waals surface area contributed by atoms with Gasteiger partial charge in [0.25, 0.3) is 0 Å². The molecule has 1 unspecified atom stereocenters. The first-order valence-electron chi connectivity index (χ1n) is 8.88. The van der Waals surface area contributed by atoms with Gasteiger partial charge in [0.1, 0.15) is 0 Å². The van der Waals surface area contributed by atoms with Gasteiger partial charge in [-0.1, -0.05) is 25.5 Å². The van der Waals surface area contributed by atoms with E-state index in [9.17, 15) is 0 Å². The number of rotatable bonds is 7. The average Bonchev–Trinajstić information content (AvgIpc) is 2.35. The number of allylic oxidation sites excluding steroid dienone is 3. The van der Waals surface area contributed by atoms with Crippen LogP contribution in [-0.4, -0.2) is 20.5 Å². The van der Waals surface area contributed by atoms with E-state index in [0.717, 1.165) is 0 Å². The van der Waals surface area contributed by atoms with Crippen molar-refractivity contribution in [2.75, 3.05) is 6.61 Å². The Balaban J connectivity index is 3.08. The molecule has 2 nitrogen and oxygen atoms in total. The second kappa shape index (κ2) is 7.85. The van der Waals surface area contributed by atoms with Gasteiger partial charge in [0.15, 0.2) is 8.32 Å². The van der Waals surface area contributed by atoms with E-state index in [-0.39, 0.29) is 5.41 Å². The molecule has 0 saturated heterocycles. The molecule has 0 amide bonds. The zero-order valence-corrected chi connectivity index (χ0v) is 17.5. The summed E-state index contributed by atoms with van der Waals surface area (Å²) in [7, 11) is -1.67. The average molecular weight is 337 g/mol. The fourth-order valence-electron chi connectivity index (χ4n) is 3.32. The highest BCUT2D eigenvalue weighted by Crippen LogP contribution is 2.41. The highest BCUT2D eigenvalue weighted by molar-refractivity contribution is 6.69. The molecule has 1 atom stereocenters. The van der Waals surface area contributed by atoms with E-state index in [1.807, 2.05) is 13.0 Å². The Hall–Kier alpha value is -0.803. The van der Waals surface area contributed by atoms with Crippen molar-refractivity contribution in [1.29, 1.82) is 0 Å². The maximum atomic E-state index is 6.43. The molecule has 0 N–H and O–H groups in total. The lowest BCUT2D eigenvalue weighted by Gasteiger charge is -2.35. The van der Waals surface area contributed by atoms with Crippen LogP contribution < -0.4 is 0 Å². The van der Waals surface area contributed by atoms with Gasteiger partial charge in [-0.15, -0.1) is 0 Å². The maximum Gasteiger partial charge on any atom is 0.185 e. The smallest absolute Gasteiger partial charge is 0.185 e. The zero-order chi connectivity index (χ0) is 17.7. The molecule has 1 rings (SSSR count). The van der Waals surface area contributed by atoms with E-state index in [1.165, 1.54) is 30.4 Å². The summed E-state index contributed by atoms with van der Waals surface area (Å²) in [4.78, 5) is 0. The van der Waals surface area contributed by atoms with Crippen molar-refractivity contribution in [2.24, 2.45) is 5.41 Å². The molecule has 0 bridgehead atoms. The minimum atomic E-state index is -1.67. The highest BCUT2D eigenvalue weighted by Gasteiger charge is 2.30. The fourth-order valence-corrected chi connectivity index (χ4v) is 4.78. The second-order valence-corrected chi connectivity index (χ2v) is 12.9. The van der Waals surface area contributed by atoms with Gasteiger partial charge in [-0.25, -0.2) is 0 Å². The largest absolute Gasteiger partial charge is 0.502 e. The van der Waals surface area contributed by atoms with Crippen LogP contribution in [0.2, 0.25) is 19.6 Å². The molecule has 0 fully saturated rings. The number of hydrogen-bond acceptors (Lipinski definition) is 2. The molecule has 0 aliphatic heterocycles. The Morgan fingerprint density at radius 3 is 2.39 bits per heavy atom. The molecule has 1 aliphatic carbocycles. The molecule has 0 aromatic carbocycles. The van der Waals surface area contributed by atoms with Crippen molar-refractivity contribution in [2.45, 2.75) is 79.1 Å². The van der Waals surface area contributed by atoms with Crippen molar-refractivity contribution in [3.05, 3.63) is 35.6 Å². The lowest BCUT2D eigenvalue weighted by atomic mass is 9.72. The number of hydrogen-bond donors (Lipinski definition) is 0. The Morgan fingerprint density at radius 1 is 1.22 bits per heavy atom. The first-order valence-corrected chi connectivity index (χ1v) is 12.3. The van der Waals surface area contributed by atoms with Crippen molar-refractivity contribution >= 4 is 8.32 Å². The summed E-state index contributed by atoms with van der Waals surface area (Å²) < 4.78 is 11.8. The molecular formula is C20H36O2Si. The Morgan fingerprint density at radius 2 is 1.87 bits per heavy atom. The van der Waals surface area contributed by atoms with E-state index >= 15 is 0 Å². The summed E-state index contributed by atoms with van der Waals surface area (Å²) >= 11 is 0. The monoisotopic (exact) mass is 336 g/mol. The molecule has 23 heavy (non-hydrogen) atoms. The van der Waals surface area contributed by atoms with Crippen molar-refractivity contribution in [1.82, 2.24) is 0 Å². The predicted octanol–water partition coefficient (Wildman–Crippen LogP) is 6.23. The topological polar surface area (TPSA) is 18.5 Å². The van der Waals surface area contributed by atoms with Gasteiger partial charge in [0, 0.05) is 0 Å². The van der Waals surface area contributed by atoms with Gasteiger partial charge in [-0.2, -0.15) is 0 Å². The summed E-state index contributed by atoms with van der Waals surface area (Å²) in [5.74, 6) is 0. The lowest BCUT2D eigenvalue weighted by molar-refractivity contribution is 0.176. The maximum absolute atomic E-state index is 6.43. The molecule has 0 saturated carbocycles. The van der Waals surface area contributed by atoms with Crippen LogP contribution in [0.25, 0.3) is 0 Å². The van der Waals surface area contributed by atoms with Crippen LogP contribution >= 0.6 is 0 Å². The molecule has 132 valence electrons. The lowest BCUT2D eigenvalue weighted by Crippen LogP contribution is -2.38. The van der Waals surface area contributed by atoms with E-state index in [0.29, 0.717) is 6.61 Å². The minimum Gasteiger partial charge on any atom is -0.502 e. The minimum absolute atomic E-state index is 0.253. The molecule has 0 radical (unpaired) electrons. The van der Waals surface area contributed by atoms with E-state index in [1.54, 1.807) is 6.26 Å². The Labute approximate surface area is 144 Å². The van der Waals surface area contributed by atoms with Crippen LogP contribution in [0.3, 0.4) is 0 Å². The molecule has 1 aliphatic rings. The van der Waals surface area contributed by atoms with Crippen LogP contribution in [0.1, 0.15) is 53.9 Å². The van der Waals surface area contributed by atoms with Crippen molar-refractivity contribution < 1.29 is 9.16 Å². The molecular weight excluding hydrogens is 300 g/mol. The third-order valence-corrected chi connectivity index (χ3v) is 5.36. The summed E-state index contributed by atoms with van der Waals surface area (Å²) in [6.45, 7) is 18.4. The quantitative estimate of drug-likeness (QED) is 0.405. The molecule has 3 heteroatoms. The van der Waals surface area contributed by atoms with Crippen LogP contribution in [0, 0.1) is 5.41 Å². The number of ether oxygens (including phenoxy) is 1. The normalized spacial score (nSPS) is 21.9. The SMILES string of the molecule is CCOC=CC(C)(C=CC1=C(C)CCCC1(C)C)O[Si](C)(C)C. The van der Waals surface area contributed by atoms with Gasteiger partial charge < -0.3 is 9.16 Å². The van der Waals surface area contributed by atoms with Crippen molar-refractivity contribution in [3.63, 3.8) is 0 Å². The van der Waals surface area contributed by atoms with Crippen LogP contribution in [0.4, 0.5) is 0 Å². The predicted molar refractivity (Wildman–Crippen MR) is 103 cm³/mol. The van der Waals surface area contributed by atoms with Crippen molar-refractivity contribution in [3.8, 4) is 0 Å². The standard InChI is InChI=1S/C20H36O2Si/c1-9-21-16-15-20(5,22-23(6,7)8)14-12-18-17(2)11-10-13-19(18,3)4/h12,14-16H,9-11,13H2,1-8H3. The summed E-state index contributed by atoms with van der Waals surface area (Å²) in [6, 6.07) is 0. The van der Waals surface area contributed by atoms with E-state index in [4.69, 9.17) is 9.16 Å². The third-order valence-electron chi connectivity index (χ3n) is 4.31. The molecule has 0 spiro atoms. The summed E-state index contributed by atoms with van der Waals surface area (Å²) in [6.07, 6.45) is 12.1. The molecule has 0 aromatic rings. The first-order chi connectivity index (χ1) is 10.5. The fraction of sp³-hybridized carbons (Fsp3) is 0.700. The molecule has 0 aromatic heterocycles. The van der Waals surface area contributed by atoms with Gasteiger partial charge in [-0.3, -0.25) is 0 Å². The van der Waals surface area contributed by atoms with Gasteiger partial charge in [0.05, 0.1) is 18.5 Å². The Kier molecular flexibility index (Phi) is 6.91. The summed E-state index contributed by atoms with van der Waals surface area (Å²) in [5.41, 5.74) is 2.82. The van der Waals surface area contributed by atoms with E-state index in [2.05, 4.69) is 59.5 Å². The zero-order valence-electron chi connectivity index (χ0n) is 16.5. The van der Waals surface area contributed by atoms with Crippen LogP contribution in [0.5, 0.6) is 0 Å². The molecule has 0 heterocycles. The van der Waals surface area contributed by atoms with Gasteiger partial charge in [-0.05, 0) is 82.8 Å². The van der Waals surface area contributed by atoms with Crippen LogP contribution in [0.15, 0.2) is 35.6 Å². The van der Waals surface area contributed by atoms with Gasteiger partial charge >= 0.3 is 0 Å².